The summed E-state index contributed by atoms with van der Waals surface area (Å²) in [6.45, 7) is 11.6. The highest BCUT2D eigenvalue weighted by molar-refractivity contribution is 6.13. The zero-order chi connectivity index (χ0) is 35.3. The molecule has 0 spiro atoms. The van der Waals surface area contributed by atoms with Gasteiger partial charge in [0.1, 0.15) is 0 Å². The van der Waals surface area contributed by atoms with Crippen molar-refractivity contribution in [3.8, 4) is 50.2 Å². The average Bonchev–Trinajstić information content (AvgIpc) is 3.91. The number of hydrogen-bond donors (Lipinski definition) is 0. The Kier molecular flexibility index (Phi) is 6.83. The van der Waals surface area contributed by atoms with Crippen molar-refractivity contribution >= 4 is 21.8 Å². The number of aromatic nitrogens is 1. The molecule has 1 saturated carbocycles. The van der Waals surface area contributed by atoms with E-state index in [9.17, 15) is 0 Å². The van der Waals surface area contributed by atoms with E-state index >= 15 is 0 Å². The van der Waals surface area contributed by atoms with E-state index in [1.165, 1.54) is 118 Å². The molecule has 1 aromatic heterocycles. The highest BCUT2D eigenvalue weighted by atomic mass is 15.0. The van der Waals surface area contributed by atoms with Gasteiger partial charge in [0.2, 0.25) is 0 Å². The van der Waals surface area contributed by atoms with Crippen LogP contribution < -0.4 is 0 Å². The van der Waals surface area contributed by atoms with E-state index in [-0.39, 0.29) is 5.41 Å². The van der Waals surface area contributed by atoms with Gasteiger partial charge < -0.3 is 4.57 Å². The van der Waals surface area contributed by atoms with Crippen LogP contribution in [0.3, 0.4) is 0 Å². The fraction of sp³-hybridized carbons (Fsp3) is 0.176. The van der Waals surface area contributed by atoms with E-state index in [1.807, 2.05) is 0 Å². The van der Waals surface area contributed by atoms with Gasteiger partial charge in [0.05, 0.1) is 11.0 Å². The maximum absolute atomic E-state index is 2.58. The summed E-state index contributed by atoms with van der Waals surface area (Å²) in [4.78, 5) is 0. The van der Waals surface area contributed by atoms with Crippen molar-refractivity contribution in [3.63, 3.8) is 0 Å². The van der Waals surface area contributed by atoms with Gasteiger partial charge in [-0.3, -0.25) is 0 Å². The highest BCUT2D eigenvalue weighted by Gasteiger charge is 2.38. The third kappa shape index (κ3) is 4.55. The minimum atomic E-state index is -0.111. The van der Waals surface area contributed by atoms with Gasteiger partial charge in [-0.2, -0.15) is 0 Å². The van der Waals surface area contributed by atoms with Gasteiger partial charge in [-0.15, -0.1) is 0 Å². The molecule has 1 heterocycles. The lowest BCUT2D eigenvalue weighted by atomic mass is 9.81. The second kappa shape index (κ2) is 11.4. The number of hydrogen-bond acceptors (Lipinski definition) is 0. The molecule has 52 heavy (non-hydrogen) atoms. The fourth-order valence-corrected chi connectivity index (χ4v) is 9.50. The molecule has 0 unspecified atom stereocenters. The topological polar surface area (TPSA) is 4.93 Å². The minimum absolute atomic E-state index is 0.111. The maximum Gasteiger partial charge on any atom is 0.0588 e. The summed E-state index contributed by atoms with van der Waals surface area (Å²) < 4.78 is 2.58. The standard InChI is InChI=1S/C51H43N/c1-31-13-6-7-15-37(31)38-25-23-35(29-33(38)3)39-18-12-14-32(2)48(39)42-26-24-36(30-45(42)34-21-22-34)52-47-20-11-9-17-41(47)44-28-27-43-40-16-8-10-19-46(40)51(4,5)49(43)50(44)52/h6-20,23-30,34H,21-22H2,1-5H3. The predicted octanol–water partition coefficient (Wildman–Crippen LogP) is 13.9. The molecular weight excluding hydrogens is 627 g/mol. The lowest BCUT2D eigenvalue weighted by Crippen LogP contribution is -2.16. The quantitative estimate of drug-likeness (QED) is 0.172. The Morgan fingerprint density at radius 1 is 0.519 bits per heavy atom. The van der Waals surface area contributed by atoms with Crippen molar-refractivity contribution < 1.29 is 0 Å². The number of nitrogens with zero attached hydrogens (tertiary/aromatic N) is 1. The summed E-state index contributed by atoms with van der Waals surface area (Å²) in [6, 6.07) is 52.7. The lowest BCUT2D eigenvalue weighted by Gasteiger charge is -2.24. The SMILES string of the molecule is Cc1ccccc1-c1ccc(-c2cccc(C)c2-c2ccc(-n3c4ccccc4c4ccc5c(c43)C(C)(C)c3ccccc3-5)cc2C2CC2)cc1C. The summed E-state index contributed by atoms with van der Waals surface area (Å²) in [5, 5.41) is 2.65. The molecule has 0 bridgehead atoms. The summed E-state index contributed by atoms with van der Waals surface area (Å²) >= 11 is 0. The molecule has 2 aliphatic rings. The first kappa shape index (κ1) is 31.1. The van der Waals surface area contributed by atoms with Crippen LogP contribution in [0.4, 0.5) is 0 Å². The van der Waals surface area contributed by atoms with E-state index in [2.05, 4.69) is 179 Å². The third-order valence-corrected chi connectivity index (χ3v) is 12.2. The zero-order valence-corrected chi connectivity index (χ0v) is 30.7. The molecule has 8 aromatic rings. The molecule has 0 saturated heterocycles. The Labute approximate surface area is 307 Å². The van der Waals surface area contributed by atoms with Gasteiger partial charge in [-0.25, -0.2) is 0 Å². The van der Waals surface area contributed by atoms with Crippen LogP contribution in [0.25, 0.3) is 72.0 Å². The average molecular weight is 670 g/mol. The van der Waals surface area contributed by atoms with Gasteiger partial charge in [-0.05, 0) is 136 Å². The van der Waals surface area contributed by atoms with Crippen molar-refractivity contribution in [2.24, 2.45) is 0 Å². The van der Waals surface area contributed by atoms with Crippen molar-refractivity contribution in [3.05, 3.63) is 173 Å². The largest absolute Gasteiger partial charge is 0.309 e. The third-order valence-electron chi connectivity index (χ3n) is 12.2. The Morgan fingerprint density at radius 2 is 1.19 bits per heavy atom. The van der Waals surface area contributed by atoms with Crippen LogP contribution in [0.1, 0.15) is 66.0 Å². The predicted molar refractivity (Wildman–Crippen MR) is 221 cm³/mol. The second-order valence-electron chi connectivity index (χ2n) is 15.8. The summed E-state index contributed by atoms with van der Waals surface area (Å²) in [6.07, 6.45) is 2.49. The summed E-state index contributed by atoms with van der Waals surface area (Å²) in [7, 11) is 0. The normalized spacial score (nSPS) is 14.6. The number of benzene rings is 7. The van der Waals surface area contributed by atoms with Crippen molar-refractivity contribution in [2.75, 3.05) is 0 Å². The summed E-state index contributed by atoms with van der Waals surface area (Å²) in [5.41, 5.74) is 22.7. The Balaban J connectivity index is 1.18. The molecule has 0 radical (unpaired) electrons. The van der Waals surface area contributed by atoms with E-state index in [0.29, 0.717) is 5.92 Å². The van der Waals surface area contributed by atoms with E-state index in [0.717, 1.165) is 0 Å². The molecule has 252 valence electrons. The Bertz CT molecular complexity index is 2750. The molecule has 7 aromatic carbocycles. The molecule has 0 N–H and O–H groups in total. The molecule has 10 rings (SSSR count). The molecule has 0 atom stereocenters. The number of rotatable bonds is 5. The molecule has 0 aliphatic heterocycles. The van der Waals surface area contributed by atoms with Crippen LogP contribution in [0.15, 0.2) is 140 Å². The van der Waals surface area contributed by atoms with Crippen LogP contribution in [0.5, 0.6) is 0 Å². The molecular formula is C51H43N. The van der Waals surface area contributed by atoms with E-state index < -0.39 is 0 Å². The van der Waals surface area contributed by atoms with Crippen molar-refractivity contribution in [2.45, 2.75) is 58.8 Å². The first-order valence-corrected chi connectivity index (χ1v) is 18.9. The number of fused-ring (bicyclic) bond motifs is 7. The van der Waals surface area contributed by atoms with Gasteiger partial charge in [0.15, 0.2) is 0 Å². The van der Waals surface area contributed by atoms with Crippen LogP contribution in [0.2, 0.25) is 0 Å². The monoisotopic (exact) mass is 669 g/mol. The van der Waals surface area contributed by atoms with Crippen LogP contribution >= 0.6 is 0 Å². The fourth-order valence-electron chi connectivity index (χ4n) is 9.50. The van der Waals surface area contributed by atoms with Gasteiger partial charge in [0, 0.05) is 21.9 Å². The first-order chi connectivity index (χ1) is 25.3. The Hall–Kier alpha value is -5.66. The van der Waals surface area contributed by atoms with Crippen LogP contribution in [-0.4, -0.2) is 4.57 Å². The van der Waals surface area contributed by atoms with Gasteiger partial charge in [-0.1, -0.05) is 135 Å². The molecule has 0 amide bonds. The van der Waals surface area contributed by atoms with Gasteiger partial charge in [0.25, 0.3) is 0 Å². The van der Waals surface area contributed by atoms with Crippen LogP contribution in [0, 0.1) is 20.8 Å². The summed E-state index contributed by atoms with van der Waals surface area (Å²) in [5.74, 6) is 0.576. The molecule has 1 fully saturated rings. The second-order valence-corrected chi connectivity index (χ2v) is 15.8. The molecule has 2 aliphatic carbocycles. The van der Waals surface area contributed by atoms with E-state index in [1.54, 1.807) is 0 Å². The highest BCUT2D eigenvalue weighted by Crippen LogP contribution is 2.54. The number of para-hydroxylation sites is 1. The Morgan fingerprint density at radius 3 is 2.00 bits per heavy atom. The molecule has 1 heteroatoms. The van der Waals surface area contributed by atoms with Crippen molar-refractivity contribution in [1.82, 2.24) is 4.57 Å². The van der Waals surface area contributed by atoms with E-state index in [4.69, 9.17) is 0 Å². The minimum Gasteiger partial charge on any atom is -0.309 e. The maximum atomic E-state index is 2.58. The van der Waals surface area contributed by atoms with Crippen LogP contribution in [-0.2, 0) is 5.41 Å². The van der Waals surface area contributed by atoms with Gasteiger partial charge >= 0.3 is 0 Å². The van der Waals surface area contributed by atoms with Crippen molar-refractivity contribution in [1.29, 1.82) is 0 Å². The molecule has 1 nitrogen and oxygen atoms in total. The first-order valence-electron chi connectivity index (χ1n) is 18.9. The lowest BCUT2D eigenvalue weighted by molar-refractivity contribution is 0.664. The smallest absolute Gasteiger partial charge is 0.0588 e. The zero-order valence-electron chi connectivity index (χ0n) is 30.7. The number of aryl methyl sites for hydroxylation is 3.